The Morgan fingerprint density at radius 1 is 1.25 bits per heavy atom. The predicted octanol–water partition coefficient (Wildman–Crippen LogP) is 3.42. The number of carbonyl (C=O) groups excluding carboxylic acids is 1. The third-order valence-corrected chi connectivity index (χ3v) is 3.69. The largest absolute Gasteiger partial charge is 0.465 e. The molecule has 102 valence electrons. The monoisotopic (exact) mass is 267 g/mol. The van der Waals surface area contributed by atoms with E-state index in [4.69, 9.17) is 4.74 Å². The van der Waals surface area contributed by atoms with Gasteiger partial charge in [-0.25, -0.2) is 4.79 Å². The van der Waals surface area contributed by atoms with E-state index in [2.05, 4.69) is 30.4 Å². The highest BCUT2D eigenvalue weighted by molar-refractivity contribution is 5.94. The lowest BCUT2D eigenvalue weighted by Gasteiger charge is -2.11. The zero-order chi connectivity index (χ0) is 14.1. The van der Waals surface area contributed by atoms with Gasteiger partial charge in [0.25, 0.3) is 0 Å². The van der Waals surface area contributed by atoms with E-state index in [0.29, 0.717) is 5.56 Å². The molecule has 0 aliphatic carbocycles. The van der Waals surface area contributed by atoms with Crippen LogP contribution in [0.4, 0.5) is 5.69 Å². The van der Waals surface area contributed by atoms with Crippen molar-refractivity contribution in [1.29, 1.82) is 0 Å². The van der Waals surface area contributed by atoms with Gasteiger partial charge in [0.05, 0.1) is 12.7 Å². The maximum absolute atomic E-state index is 11.8. The van der Waals surface area contributed by atoms with Gasteiger partial charge < -0.3 is 10.1 Å². The minimum Gasteiger partial charge on any atom is -0.465 e. The Balaban J connectivity index is 2.19. The topological polar surface area (TPSA) is 38.3 Å². The molecule has 3 heteroatoms. The van der Waals surface area contributed by atoms with E-state index in [-0.39, 0.29) is 5.97 Å². The van der Waals surface area contributed by atoms with Crippen molar-refractivity contribution in [3.05, 3.63) is 53.1 Å². The molecule has 0 amide bonds. The first-order valence-corrected chi connectivity index (χ1v) is 6.75. The Bertz CT molecular complexity index is 677. The zero-order valence-electron chi connectivity index (χ0n) is 11.7. The third-order valence-electron chi connectivity index (χ3n) is 3.69. The maximum Gasteiger partial charge on any atom is 0.337 e. The Hall–Kier alpha value is -2.29. The van der Waals surface area contributed by atoms with Gasteiger partial charge in [-0.05, 0) is 42.2 Å². The highest BCUT2D eigenvalue weighted by Gasteiger charge is 2.19. The van der Waals surface area contributed by atoms with E-state index in [1.165, 1.54) is 18.2 Å². The number of anilines is 1. The average Bonchev–Trinajstić information content (AvgIpc) is 2.93. The Labute approximate surface area is 118 Å². The minimum absolute atomic E-state index is 0.296. The number of ether oxygens (including phenoxy) is 1. The van der Waals surface area contributed by atoms with Gasteiger partial charge in [0.2, 0.25) is 0 Å². The molecule has 0 saturated heterocycles. The van der Waals surface area contributed by atoms with Crippen LogP contribution in [0, 0.1) is 6.92 Å². The number of hydrogen-bond donors (Lipinski definition) is 1. The SMILES string of the molecule is COC(=O)c1cc2c(c(-c3cccc(C)c3)c1)CCN2. The van der Waals surface area contributed by atoms with Crippen LogP contribution in [0.25, 0.3) is 11.1 Å². The first-order chi connectivity index (χ1) is 9.69. The standard InChI is InChI=1S/C17H17NO2/c1-11-4-3-5-12(8-11)15-9-13(17(19)20-2)10-16-14(15)6-7-18-16/h3-5,8-10,18H,6-7H2,1-2H3. The van der Waals surface area contributed by atoms with E-state index in [1.54, 1.807) is 0 Å². The first-order valence-electron chi connectivity index (χ1n) is 6.75. The van der Waals surface area contributed by atoms with Crippen LogP contribution in [0.3, 0.4) is 0 Å². The molecule has 0 bridgehead atoms. The molecule has 3 nitrogen and oxygen atoms in total. The second-order valence-electron chi connectivity index (χ2n) is 5.09. The van der Waals surface area contributed by atoms with Crippen LogP contribution in [0.15, 0.2) is 36.4 Å². The molecule has 0 fully saturated rings. The number of hydrogen-bond acceptors (Lipinski definition) is 3. The molecule has 0 aromatic heterocycles. The van der Waals surface area contributed by atoms with E-state index in [1.807, 2.05) is 18.2 Å². The van der Waals surface area contributed by atoms with Crippen molar-refractivity contribution < 1.29 is 9.53 Å². The van der Waals surface area contributed by atoms with Gasteiger partial charge in [-0.3, -0.25) is 0 Å². The van der Waals surface area contributed by atoms with Crippen molar-refractivity contribution in [1.82, 2.24) is 0 Å². The molecule has 20 heavy (non-hydrogen) atoms. The molecule has 0 spiro atoms. The van der Waals surface area contributed by atoms with Gasteiger partial charge >= 0.3 is 5.97 Å². The van der Waals surface area contributed by atoms with Crippen molar-refractivity contribution in [3.63, 3.8) is 0 Å². The van der Waals surface area contributed by atoms with Gasteiger partial charge in [0, 0.05) is 12.2 Å². The molecule has 2 aromatic carbocycles. The fourth-order valence-electron chi connectivity index (χ4n) is 2.73. The van der Waals surface area contributed by atoms with Crippen molar-refractivity contribution in [2.75, 3.05) is 19.0 Å². The Morgan fingerprint density at radius 3 is 2.85 bits per heavy atom. The summed E-state index contributed by atoms with van der Waals surface area (Å²) in [6, 6.07) is 12.2. The maximum atomic E-state index is 11.8. The van der Waals surface area contributed by atoms with E-state index >= 15 is 0 Å². The molecule has 2 aromatic rings. The average molecular weight is 267 g/mol. The number of rotatable bonds is 2. The summed E-state index contributed by atoms with van der Waals surface area (Å²) in [6.45, 7) is 2.99. The molecular weight excluding hydrogens is 250 g/mol. The van der Waals surface area contributed by atoms with Crippen LogP contribution in [0.2, 0.25) is 0 Å². The number of esters is 1. The van der Waals surface area contributed by atoms with Crippen LogP contribution in [0.5, 0.6) is 0 Å². The third kappa shape index (κ3) is 2.16. The predicted molar refractivity (Wildman–Crippen MR) is 80.1 cm³/mol. The zero-order valence-corrected chi connectivity index (χ0v) is 11.7. The quantitative estimate of drug-likeness (QED) is 0.847. The first kappa shape index (κ1) is 12.7. The summed E-state index contributed by atoms with van der Waals surface area (Å²) >= 11 is 0. The summed E-state index contributed by atoms with van der Waals surface area (Å²) in [4.78, 5) is 11.8. The molecule has 0 atom stereocenters. The molecule has 0 radical (unpaired) electrons. The summed E-state index contributed by atoms with van der Waals surface area (Å²) in [6.07, 6.45) is 0.986. The second-order valence-corrected chi connectivity index (χ2v) is 5.09. The number of carbonyl (C=O) groups is 1. The van der Waals surface area contributed by atoms with Gasteiger partial charge in [0.15, 0.2) is 0 Å². The molecule has 1 aliphatic rings. The fraction of sp³-hybridized carbons (Fsp3) is 0.235. The fourth-order valence-corrected chi connectivity index (χ4v) is 2.73. The van der Waals surface area contributed by atoms with Crippen LogP contribution in [-0.4, -0.2) is 19.6 Å². The lowest BCUT2D eigenvalue weighted by Crippen LogP contribution is -2.03. The molecule has 1 heterocycles. The molecular formula is C17H17NO2. The van der Waals surface area contributed by atoms with Crippen molar-refractivity contribution in [2.45, 2.75) is 13.3 Å². The lowest BCUT2D eigenvalue weighted by molar-refractivity contribution is 0.0601. The van der Waals surface area contributed by atoms with Gasteiger partial charge in [-0.1, -0.05) is 29.8 Å². The van der Waals surface area contributed by atoms with Crippen LogP contribution < -0.4 is 5.32 Å². The summed E-state index contributed by atoms with van der Waals surface area (Å²) in [5.41, 5.74) is 6.41. The number of methoxy groups -OCH3 is 1. The Morgan fingerprint density at radius 2 is 2.10 bits per heavy atom. The summed E-state index contributed by atoms with van der Waals surface area (Å²) < 4.78 is 4.84. The number of fused-ring (bicyclic) bond motifs is 1. The van der Waals surface area contributed by atoms with E-state index in [0.717, 1.165) is 29.8 Å². The minimum atomic E-state index is -0.296. The molecule has 1 aliphatic heterocycles. The smallest absolute Gasteiger partial charge is 0.337 e. The van der Waals surface area contributed by atoms with Crippen molar-refractivity contribution in [3.8, 4) is 11.1 Å². The van der Waals surface area contributed by atoms with Crippen LogP contribution in [-0.2, 0) is 11.2 Å². The second kappa shape index (κ2) is 5.00. The molecule has 1 N–H and O–H groups in total. The van der Waals surface area contributed by atoms with E-state index < -0.39 is 0 Å². The van der Waals surface area contributed by atoms with Gasteiger partial charge in [-0.15, -0.1) is 0 Å². The molecule has 0 unspecified atom stereocenters. The Kier molecular flexibility index (Phi) is 3.18. The summed E-state index contributed by atoms with van der Waals surface area (Å²) in [5.74, 6) is -0.296. The van der Waals surface area contributed by atoms with Crippen molar-refractivity contribution in [2.24, 2.45) is 0 Å². The van der Waals surface area contributed by atoms with Gasteiger partial charge in [0.1, 0.15) is 0 Å². The van der Waals surface area contributed by atoms with Crippen LogP contribution >= 0.6 is 0 Å². The van der Waals surface area contributed by atoms with Gasteiger partial charge in [-0.2, -0.15) is 0 Å². The molecule has 3 rings (SSSR count). The van der Waals surface area contributed by atoms with E-state index in [9.17, 15) is 4.79 Å². The highest BCUT2D eigenvalue weighted by atomic mass is 16.5. The number of nitrogens with one attached hydrogen (secondary N) is 1. The van der Waals surface area contributed by atoms with Crippen LogP contribution in [0.1, 0.15) is 21.5 Å². The van der Waals surface area contributed by atoms with Crippen molar-refractivity contribution >= 4 is 11.7 Å². The summed E-state index contributed by atoms with van der Waals surface area (Å²) in [7, 11) is 1.41. The lowest BCUT2D eigenvalue weighted by atomic mass is 9.94. The normalized spacial score (nSPS) is 12.7. The summed E-state index contributed by atoms with van der Waals surface area (Å²) in [5, 5.41) is 3.34. The number of benzene rings is 2. The number of aryl methyl sites for hydroxylation is 1. The highest BCUT2D eigenvalue weighted by Crippen LogP contribution is 2.35. The molecule has 0 saturated carbocycles.